The number of hydrogen-bond acceptors (Lipinski definition) is 5. The average molecular weight is 413 g/mol. The molecule has 0 fully saturated rings. The number of aromatic amines is 1. The van der Waals surface area contributed by atoms with Crippen LogP contribution in [0.4, 0.5) is 0 Å². The van der Waals surface area contributed by atoms with Gasteiger partial charge in [0.15, 0.2) is 16.3 Å². The predicted octanol–water partition coefficient (Wildman–Crippen LogP) is 3.52. The fourth-order valence-corrected chi connectivity index (χ4v) is 3.20. The number of nitrogens with one attached hydrogen (secondary N) is 2. The number of ether oxygens (including phenoxy) is 2. The standard InChI is InChI=1S/C21H24N4O3S/c1-3-25-19(23-24-21(25)29)11-12-22-20(26)16-9-10-17(18(13-16)27-2)28-14-15-7-5-4-6-8-15/h4-10,13H,3,11-12,14H2,1-2H3,(H,22,26)(H,24,29). The Balaban J connectivity index is 1.59. The molecule has 152 valence electrons. The number of amides is 1. The summed E-state index contributed by atoms with van der Waals surface area (Å²) in [5.41, 5.74) is 1.56. The van der Waals surface area contributed by atoms with E-state index in [1.54, 1.807) is 25.3 Å². The van der Waals surface area contributed by atoms with Gasteiger partial charge in [0.1, 0.15) is 12.4 Å². The number of H-pyrrole nitrogens is 1. The summed E-state index contributed by atoms with van der Waals surface area (Å²) in [6.07, 6.45) is 0.585. The van der Waals surface area contributed by atoms with Gasteiger partial charge in [0, 0.05) is 25.1 Å². The fraction of sp³-hybridized carbons (Fsp3) is 0.286. The summed E-state index contributed by atoms with van der Waals surface area (Å²) in [6, 6.07) is 15.0. The highest BCUT2D eigenvalue weighted by molar-refractivity contribution is 7.71. The van der Waals surface area contributed by atoms with Gasteiger partial charge in [0.25, 0.3) is 5.91 Å². The van der Waals surface area contributed by atoms with E-state index >= 15 is 0 Å². The third-order valence-electron chi connectivity index (χ3n) is 4.45. The van der Waals surface area contributed by atoms with Crippen LogP contribution in [0.2, 0.25) is 0 Å². The monoisotopic (exact) mass is 412 g/mol. The van der Waals surface area contributed by atoms with Crippen LogP contribution in [0.5, 0.6) is 11.5 Å². The number of methoxy groups -OCH3 is 1. The van der Waals surface area contributed by atoms with Gasteiger partial charge in [-0.15, -0.1) is 0 Å². The third kappa shape index (κ3) is 5.23. The first-order valence-corrected chi connectivity index (χ1v) is 9.80. The number of carbonyl (C=O) groups is 1. The van der Waals surface area contributed by atoms with Crippen LogP contribution >= 0.6 is 12.2 Å². The minimum atomic E-state index is -0.185. The molecule has 0 aliphatic rings. The van der Waals surface area contributed by atoms with E-state index in [1.165, 1.54) is 0 Å². The molecule has 0 radical (unpaired) electrons. The van der Waals surface area contributed by atoms with Crippen LogP contribution < -0.4 is 14.8 Å². The molecule has 0 aliphatic carbocycles. The van der Waals surface area contributed by atoms with E-state index < -0.39 is 0 Å². The fourth-order valence-electron chi connectivity index (χ4n) is 2.92. The SMILES string of the molecule is CCn1c(CCNC(=O)c2ccc(OCc3ccccc3)c(OC)c2)n[nH]c1=S. The molecule has 1 aromatic heterocycles. The minimum Gasteiger partial charge on any atom is -0.493 e. The molecule has 0 bridgehead atoms. The van der Waals surface area contributed by atoms with Gasteiger partial charge in [-0.05, 0) is 42.9 Å². The summed E-state index contributed by atoms with van der Waals surface area (Å²) in [6.45, 7) is 3.61. The van der Waals surface area contributed by atoms with Gasteiger partial charge in [-0.25, -0.2) is 0 Å². The van der Waals surface area contributed by atoms with Crippen molar-refractivity contribution < 1.29 is 14.3 Å². The first kappa shape index (κ1) is 20.6. The van der Waals surface area contributed by atoms with E-state index in [0.717, 1.165) is 17.9 Å². The molecule has 0 unspecified atom stereocenters. The highest BCUT2D eigenvalue weighted by atomic mass is 32.1. The van der Waals surface area contributed by atoms with E-state index in [9.17, 15) is 4.79 Å². The van der Waals surface area contributed by atoms with E-state index in [-0.39, 0.29) is 5.91 Å². The summed E-state index contributed by atoms with van der Waals surface area (Å²) in [5, 5.41) is 9.87. The van der Waals surface area contributed by atoms with Crippen molar-refractivity contribution in [1.29, 1.82) is 0 Å². The summed E-state index contributed by atoms with van der Waals surface area (Å²) in [4.78, 5) is 12.5. The van der Waals surface area contributed by atoms with Crippen LogP contribution in [0.15, 0.2) is 48.5 Å². The van der Waals surface area contributed by atoms with Gasteiger partial charge in [-0.1, -0.05) is 30.3 Å². The third-order valence-corrected chi connectivity index (χ3v) is 4.76. The molecule has 2 N–H and O–H groups in total. The van der Waals surface area contributed by atoms with Gasteiger partial charge in [-0.3, -0.25) is 9.89 Å². The Bertz CT molecular complexity index is 1010. The maximum absolute atomic E-state index is 12.5. The Kier molecular flexibility index (Phi) is 7.02. The van der Waals surface area contributed by atoms with Gasteiger partial charge in [0.2, 0.25) is 0 Å². The molecule has 3 rings (SSSR count). The Labute approximate surface area is 174 Å². The van der Waals surface area contributed by atoms with Crippen molar-refractivity contribution >= 4 is 18.1 Å². The molecule has 1 amide bonds. The molecule has 2 aromatic carbocycles. The summed E-state index contributed by atoms with van der Waals surface area (Å²) >= 11 is 5.17. The Morgan fingerprint density at radius 2 is 2.00 bits per heavy atom. The molecule has 0 aliphatic heterocycles. The zero-order valence-electron chi connectivity index (χ0n) is 16.5. The van der Waals surface area contributed by atoms with Crippen molar-refractivity contribution in [2.75, 3.05) is 13.7 Å². The van der Waals surface area contributed by atoms with E-state index in [2.05, 4.69) is 15.5 Å². The minimum absolute atomic E-state index is 0.185. The summed E-state index contributed by atoms with van der Waals surface area (Å²) in [7, 11) is 1.56. The van der Waals surface area contributed by atoms with Crippen LogP contribution in [0, 0.1) is 4.77 Å². The predicted molar refractivity (Wildman–Crippen MR) is 113 cm³/mol. The van der Waals surface area contributed by atoms with Crippen LogP contribution in [-0.4, -0.2) is 34.3 Å². The van der Waals surface area contributed by atoms with Gasteiger partial charge >= 0.3 is 0 Å². The van der Waals surface area contributed by atoms with Crippen LogP contribution in [0.25, 0.3) is 0 Å². The molecule has 0 spiro atoms. The van der Waals surface area contributed by atoms with E-state index in [4.69, 9.17) is 21.7 Å². The maximum Gasteiger partial charge on any atom is 0.251 e. The van der Waals surface area contributed by atoms with Crippen LogP contribution in [0.3, 0.4) is 0 Å². The highest BCUT2D eigenvalue weighted by Gasteiger charge is 2.12. The topological polar surface area (TPSA) is 81.2 Å². The van der Waals surface area contributed by atoms with Crippen LogP contribution in [-0.2, 0) is 19.6 Å². The van der Waals surface area contributed by atoms with Crippen molar-refractivity contribution in [2.45, 2.75) is 26.5 Å². The second kappa shape index (κ2) is 9.88. The summed E-state index contributed by atoms with van der Waals surface area (Å²) in [5.74, 6) is 1.74. The Morgan fingerprint density at radius 3 is 2.72 bits per heavy atom. The average Bonchev–Trinajstić information content (AvgIpc) is 3.12. The Morgan fingerprint density at radius 1 is 1.21 bits per heavy atom. The van der Waals surface area contributed by atoms with E-state index in [1.807, 2.05) is 41.8 Å². The van der Waals surface area contributed by atoms with Crippen molar-refractivity contribution in [1.82, 2.24) is 20.1 Å². The normalized spacial score (nSPS) is 10.6. The van der Waals surface area contributed by atoms with Gasteiger partial charge in [-0.2, -0.15) is 5.10 Å². The number of aromatic nitrogens is 3. The molecule has 1 heterocycles. The molecule has 29 heavy (non-hydrogen) atoms. The van der Waals surface area contributed by atoms with Crippen molar-refractivity contribution in [2.24, 2.45) is 0 Å². The second-order valence-corrected chi connectivity index (χ2v) is 6.72. The quantitative estimate of drug-likeness (QED) is 0.526. The van der Waals surface area contributed by atoms with E-state index in [0.29, 0.717) is 41.4 Å². The molecule has 8 heteroatoms. The first-order chi connectivity index (χ1) is 14.1. The lowest BCUT2D eigenvalue weighted by Crippen LogP contribution is -2.26. The van der Waals surface area contributed by atoms with Gasteiger partial charge < -0.3 is 19.4 Å². The largest absolute Gasteiger partial charge is 0.493 e. The van der Waals surface area contributed by atoms with Crippen molar-refractivity contribution in [3.63, 3.8) is 0 Å². The highest BCUT2D eigenvalue weighted by Crippen LogP contribution is 2.28. The second-order valence-electron chi connectivity index (χ2n) is 6.34. The number of nitrogens with zero attached hydrogens (tertiary/aromatic N) is 2. The van der Waals surface area contributed by atoms with Gasteiger partial charge in [0.05, 0.1) is 7.11 Å². The smallest absolute Gasteiger partial charge is 0.251 e. The molecule has 0 atom stereocenters. The number of hydrogen-bond donors (Lipinski definition) is 2. The molecule has 3 aromatic rings. The molecule has 0 saturated carbocycles. The van der Waals surface area contributed by atoms with Crippen LogP contribution in [0.1, 0.15) is 28.7 Å². The number of benzene rings is 2. The maximum atomic E-state index is 12.5. The lowest BCUT2D eigenvalue weighted by Gasteiger charge is -2.12. The number of carbonyl (C=O) groups excluding carboxylic acids is 1. The molecular formula is C21H24N4O3S. The zero-order chi connectivity index (χ0) is 20.6. The van der Waals surface area contributed by atoms with Crippen molar-refractivity contribution in [3.05, 3.63) is 70.3 Å². The Hall–Kier alpha value is -3.13. The lowest BCUT2D eigenvalue weighted by atomic mass is 10.2. The summed E-state index contributed by atoms with van der Waals surface area (Å²) < 4.78 is 13.7. The molecule has 7 nitrogen and oxygen atoms in total. The number of rotatable bonds is 9. The first-order valence-electron chi connectivity index (χ1n) is 9.39. The van der Waals surface area contributed by atoms with Crippen molar-refractivity contribution in [3.8, 4) is 11.5 Å². The zero-order valence-corrected chi connectivity index (χ0v) is 17.3. The molecular weight excluding hydrogens is 388 g/mol. The lowest BCUT2D eigenvalue weighted by molar-refractivity contribution is 0.0953. The molecule has 0 saturated heterocycles.